The van der Waals surface area contributed by atoms with E-state index in [0.29, 0.717) is 5.92 Å². The van der Waals surface area contributed by atoms with Gasteiger partial charge in [0.15, 0.2) is 0 Å². The molecule has 21 heavy (non-hydrogen) atoms. The van der Waals surface area contributed by atoms with E-state index in [-0.39, 0.29) is 17.7 Å². The fourth-order valence-electron chi connectivity index (χ4n) is 3.56. The molecule has 1 aromatic carbocycles. The number of morpholine rings is 1. The van der Waals surface area contributed by atoms with Crippen LogP contribution in [0.2, 0.25) is 0 Å². The highest BCUT2D eigenvalue weighted by Crippen LogP contribution is 2.31. The summed E-state index contributed by atoms with van der Waals surface area (Å²) >= 11 is 0. The lowest BCUT2D eigenvalue weighted by molar-refractivity contribution is -0.152. The summed E-state index contributed by atoms with van der Waals surface area (Å²) in [7, 11) is 0. The molecule has 0 bridgehead atoms. The third kappa shape index (κ3) is 4.06. The van der Waals surface area contributed by atoms with Gasteiger partial charge in [-0.15, -0.1) is 0 Å². The van der Waals surface area contributed by atoms with Crippen LogP contribution in [0.1, 0.15) is 46.3 Å². The van der Waals surface area contributed by atoms with Gasteiger partial charge in [-0.1, -0.05) is 44.2 Å². The number of hydrogen-bond donors (Lipinski definition) is 1. The lowest BCUT2D eigenvalue weighted by Gasteiger charge is -2.47. The zero-order valence-corrected chi connectivity index (χ0v) is 13.9. The predicted molar refractivity (Wildman–Crippen MR) is 86.2 cm³/mol. The Bertz CT molecular complexity index is 444. The van der Waals surface area contributed by atoms with Crippen LogP contribution in [0.5, 0.6) is 0 Å². The lowest BCUT2D eigenvalue weighted by atomic mass is 9.90. The molecule has 118 valence electrons. The van der Waals surface area contributed by atoms with E-state index in [2.05, 4.69) is 39.5 Å². The van der Waals surface area contributed by atoms with Crippen molar-refractivity contribution in [3.05, 3.63) is 35.9 Å². The molecular weight excluding hydrogens is 262 g/mol. The van der Waals surface area contributed by atoms with Crippen LogP contribution < -0.4 is 0 Å². The smallest absolute Gasteiger partial charge is 0.0947 e. The maximum Gasteiger partial charge on any atom is 0.0947 e. The van der Waals surface area contributed by atoms with E-state index < -0.39 is 6.10 Å². The van der Waals surface area contributed by atoms with Crippen LogP contribution >= 0.6 is 0 Å². The lowest BCUT2D eigenvalue weighted by Crippen LogP contribution is -2.57. The fourth-order valence-corrected chi connectivity index (χ4v) is 3.56. The number of ether oxygens (including phenoxy) is 1. The first-order valence-electron chi connectivity index (χ1n) is 7.95. The number of hydrogen-bond acceptors (Lipinski definition) is 3. The Kier molecular flexibility index (Phi) is 5.07. The Morgan fingerprint density at radius 1 is 1.24 bits per heavy atom. The number of aliphatic hydroxyl groups is 1. The fraction of sp³-hybridized carbons (Fsp3) is 0.667. The van der Waals surface area contributed by atoms with E-state index >= 15 is 0 Å². The van der Waals surface area contributed by atoms with Crippen molar-refractivity contribution in [2.24, 2.45) is 5.92 Å². The summed E-state index contributed by atoms with van der Waals surface area (Å²) in [5.74, 6) is 0.376. The van der Waals surface area contributed by atoms with Crippen molar-refractivity contribution in [2.75, 3.05) is 13.1 Å². The van der Waals surface area contributed by atoms with Gasteiger partial charge in [-0.2, -0.15) is 0 Å². The van der Waals surface area contributed by atoms with Gasteiger partial charge in [0, 0.05) is 19.1 Å². The van der Waals surface area contributed by atoms with Crippen LogP contribution in [0.4, 0.5) is 0 Å². The Balaban J connectivity index is 2.22. The molecule has 2 rings (SSSR count). The first-order valence-corrected chi connectivity index (χ1v) is 7.95. The Labute approximate surface area is 128 Å². The van der Waals surface area contributed by atoms with Crippen LogP contribution in [-0.4, -0.2) is 40.8 Å². The van der Waals surface area contributed by atoms with E-state index in [1.54, 1.807) is 0 Å². The maximum absolute atomic E-state index is 10.9. The average molecular weight is 291 g/mol. The molecule has 1 heterocycles. The summed E-state index contributed by atoms with van der Waals surface area (Å²) in [6.45, 7) is 12.5. The molecule has 1 aliphatic heterocycles. The zero-order chi connectivity index (χ0) is 15.6. The normalized spacial score (nSPS) is 25.8. The molecule has 0 spiro atoms. The van der Waals surface area contributed by atoms with E-state index in [4.69, 9.17) is 4.74 Å². The highest BCUT2D eigenvalue weighted by molar-refractivity contribution is 5.19. The highest BCUT2D eigenvalue weighted by Gasteiger charge is 2.38. The second-order valence-electron chi connectivity index (χ2n) is 7.21. The summed E-state index contributed by atoms with van der Waals surface area (Å²) < 4.78 is 6.00. The van der Waals surface area contributed by atoms with Gasteiger partial charge >= 0.3 is 0 Å². The largest absolute Gasteiger partial charge is 0.387 e. The summed E-state index contributed by atoms with van der Waals surface area (Å²) in [5, 5.41) is 10.9. The van der Waals surface area contributed by atoms with Crippen molar-refractivity contribution in [1.29, 1.82) is 0 Å². The standard InChI is InChI=1S/C18H29NO2/c1-13(2)16(17(20)15-9-7-6-8-10-15)19-11-14(3)21-18(4,5)12-19/h6-10,13-14,16-17,20H,11-12H2,1-5H3. The van der Waals surface area contributed by atoms with Crippen molar-refractivity contribution < 1.29 is 9.84 Å². The van der Waals surface area contributed by atoms with Gasteiger partial charge in [-0.3, -0.25) is 4.90 Å². The summed E-state index contributed by atoms with van der Waals surface area (Å²) in [6, 6.07) is 10.1. The molecule has 0 saturated carbocycles. The van der Waals surface area contributed by atoms with Crippen molar-refractivity contribution >= 4 is 0 Å². The molecular formula is C18H29NO2. The quantitative estimate of drug-likeness (QED) is 0.924. The molecule has 3 atom stereocenters. The van der Waals surface area contributed by atoms with Crippen molar-refractivity contribution in [3.63, 3.8) is 0 Å². The van der Waals surface area contributed by atoms with E-state index in [1.807, 2.05) is 30.3 Å². The van der Waals surface area contributed by atoms with Crippen LogP contribution in [0.25, 0.3) is 0 Å². The van der Waals surface area contributed by atoms with Gasteiger partial charge in [0.25, 0.3) is 0 Å². The van der Waals surface area contributed by atoms with Gasteiger partial charge in [-0.25, -0.2) is 0 Å². The molecule has 1 aliphatic rings. The van der Waals surface area contributed by atoms with Crippen LogP contribution in [0.15, 0.2) is 30.3 Å². The number of nitrogens with zero attached hydrogens (tertiary/aromatic N) is 1. The SMILES string of the molecule is CC1CN(C(C(C)C)C(O)c2ccccc2)CC(C)(C)O1. The summed E-state index contributed by atoms with van der Waals surface area (Å²) in [4.78, 5) is 2.40. The monoisotopic (exact) mass is 291 g/mol. The third-order valence-corrected chi connectivity index (χ3v) is 4.16. The molecule has 0 radical (unpaired) electrons. The Hall–Kier alpha value is -0.900. The zero-order valence-electron chi connectivity index (χ0n) is 13.9. The van der Waals surface area contributed by atoms with Gasteiger partial charge in [-0.05, 0) is 32.3 Å². The van der Waals surface area contributed by atoms with Gasteiger partial charge in [0.05, 0.1) is 17.8 Å². The minimum absolute atomic E-state index is 0.109. The van der Waals surface area contributed by atoms with E-state index in [0.717, 1.165) is 18.7 Å². The van der Waals surface area contributed by atoms with E-state index in [9.17, 15) is 5.11 Å². The van der Waals surface area contributed by atoms with Crippen LogP contribution in [-0.2, 0) is 4.74 Å². The van der Waals surface area contributed by atoms with Crippen molar-refractivity contribution in [1.82, 2.24) is 4.90 Å². The summed E-state index contributed by atoms with van der Waals surface area (Å²) in [5.41, 5.74) is 0.828. The molecule has 1 saturated heterocycles. The molecule has 3 heteroatoms. The van der Waals surface area contributed by atoms with Gasteiger partial charge in [0.1, 0.15) is 0 Å². The molecule has 1 aromatic rings. The van der Waals surface area contributed by atoms with Crippen molar-refractivity contribution in [3.8, 4) is 0 Å². The highest BCUT2D eigenvalue weighted by atomic mass is 16.5. The van der Waals surface area contributed by atoms with Gasteiger partial charge in [0.2, 0.25) is 0 Å². The minimum atomic E-state index is -0.465. The number of aliphatic hydroxyl groups excluding tert-OH is 1. The molecule has 0 aliphatic carbocycles. The molecule has 1 fully saturated rings. The third-order valence-electron chi connectivity index (χ3n) is 4.16. The molecule has 0 amide bonds. The Morgan fingerprint density at radius 2 is 1.86 bits per heavy atom. The maximum atomic E-state index is 10.9. The van der Waals surface area contributed by atoms with Crippen LogP contribution in [0.3, 0.4) is 0 Å². The molecule has 3 nitrogen and oxygen atoms in total. The summed E-state index contributed by atoms with van der Waals surface area (Å²) in [6.07, 6.45) is -0.273. The molecule has 3 unspecified atom stereocenters. The molecule has 1 N–H and O–H groups in total. The van der Waals surface area contributed by atoms with E-state index in [1.165, 1.54) is 0 Å². The number of rotatable bonds is 4. The van der Waals surface area contributed by atoms with Gasteiger partial charge < -0.3 is 9.84 Å². The topological polar surface area (TPSA) is 32.7 Å². The first-order chi connectivity index (χ1) is 9.80. The minimum Gasteiger partial charge on any atom is -0.387 e. The van der Waals surface area contributed by atoms with Crippen molar-refractivity contribution in [2.45, 2.75) is 58.5 Å². The first kappa shape index (κ1) is 16.5. The second-order valence-corrected chi connectivity index (χ2v) is 7.21. The predicted octanol–water partition coefficient (Wildman–Crippen LogP) is 3.24. The Morgan fingerprint density at radius 3 is 2.38 bits per heavy atom. The second kappa shape index (κ2) is 6.47. The molecule has 0 aromatic heterocycles. The average Bonchev–Trinajstić information content (AvgIpc) is 2.37. The number of benzene rings is 1. The van der Waals surface area contributed by atoms with Crippen LogP contribution in [0, 0.1) is 5.92 Å².